The molecular formula is C16H26N2O2. The van der Waals surface area contributed by atoms with E-state index in [9.17, 15) is 4.79 Å². The van der Waals surface area contributed by atoms with Crippen LogP contribution >= 0.6 is 0 Å². The van der Waals surface area contributed by atoms with Gasteiger partial charge in [-0.25, -0.2) is 0 Å². The van der Waals surface area contributed by atoms with Crippen molar-refractivity contribution in [2.24, 2.45) is 0 Å². The van der Waals surface area contributed by atoms with Crippen LogP contribution in [0.4, 0.5) is 5.69 Å². The topological polar surface area (TPSA) is 43.8 Å². The maximum absolute atomic E-state index is 12.1. The molecule has 0 radical (unpaired) electrons. The van der Waals surface area contributed by atoms with E-state index in [0.29, 0.717) is 25.9 Å². The predicted molar refractivity (Wildman–Crippen MR) is 82.8 cm³/mol. The standard InChI is InChI=1S/C16H26N2O2/c1-4-18(16(20)7-5-6-12-19)13-14-8-10-15(11-9-14)17(2)3/h8-11,19H,4-7,12-13H2,1-3H3. The molecular weight excluding hydrogens is 252 g/mol. The van der Waals surface area contributed by atoms with Gasteiger partial charge in [-0.15, -0.1) is 0 Å². The van der Waals surface area contributed by atoms with Gasteiger partial charge >= 0.3 is 0 Å². The van der Waals surface area contributed by atoms with Crippen LogP contribution in [0.5, 0.6) is 0 Å². The number of hydrogen-bond donors (Lipinski definition) is 1. The summed E-state index contributed by atoms with van der Waals surface area (Å²) in [7, 11) is 4.02. The zero-order chi connectivity index (χ0) is 15.0. The molecule has 4 heteroatoms. The number of anilines is 1. The lowest BCUT2D eigenvalue weighted by molar-refractivity contribution is -0.131. The third-order valence-corrected chi connectivity index (χ3v) is 3.36. The van der Waals surface area contributed by atoms with Crippen molar-refractivity contribution in [3.05, 3.63) is 29.8 Å². The Morgan fingerprint density at radius 1 is 1.15 bits per heavy atom. The second kappa shape index (κ2) is 8.59. The van der Waals surface area contributed by atoms with Crippen molar-refractivity contribution in [2.45, 2.75) is 32.7 Å². The lowest BCUT2D eigenvalue weighted by Crippen LogP contribution is -2.30. The van der Waals surface area contributed by atoms with E-state index in [4.69, 9.17) is 5.11 Å². The average molecular weight is 278 g/mol. The minimum Gasteiger partial charge on any atom is -0.396 e. The van der Waals surface area contributed by atoms with E-state index in [1.807, 2.05) is 25.9 Å². The van der Waals surface area contributed by atoms with E-state index >= 15 is 0 Å². The molecule has 0 unspecified atom stereocenters. The Bertz CT molecular complexity index is 401. The number of hydrogen-bond acceptors (Lipinski definition) is 3. The number of nitrogens with zero attached hydrogens (tertiary/aromatic N) is 2. The number of carbonyl (C=O) groups excluding carboxylic acids is 1. The number of aliphatic hydroxyl groups is 1. The van der Waals surface area contributed by atoms with Crippen LogP contribution in [-0.2, 0) is 11.3 Å². The molecule has 4 nitrogen and oxygen atoms in total. The highest BCUT2D eigenvalue weighted by Crippen LogP contribution is 2.14. The number of carbonyl (C=O) groups is 1. The molecule has 20 heavy (non-hydrogen) atoms. The number of aliphatic hydroxyl groups excluding tert-OH is 1. The second-order valence-electron chi connectivity index (χ2n) is 5.15. The van der Waals surface area contributed by atoms with Crippen molar-refractivity contribution in [2.75, 3.05) is 32.1 Å². The minimum atomic E-state index is 0.158. The molecule has 0 heterocycles. The number of rotatable bonds is 8. The van der Waals surface area contributed by atoms with Crippen molar-refractivity contribution in [1.29, 1.82) is 0 Å². The Morgan fingerprint density at radius 2 is 1.80 bits per heavy atom. The summed E-state index contributed by atoms with van der Waals surface area (Å²) < 4.78 is 0. The Labute approximate surface area is 122 Å². The molecule has 1 rings (SSSR count). The zero-order valence-electron chi connectivity index (χ0n) is 12.8. The molecule has 0 aliphatic rings. The third kappa shape index (κ3) is 5.21. The van der Waals surface area contributed by atoms with Gasteiger partial charge in [-0.1, -0.05) is 12.1 Å². The van der Waals surface area contributed by atoms with Crippen molar-refractivity contribution < 1.29 is 9.90 Å². The molecule has 112 valence electrons. The number of benzene rings is 1. The van der Waals surface area contributed by atoms with Crippen molar-refractivity contribution in [3.63, 3.8) is 0 Å². The minimum absolute atomic E-state index is 0.158. The van der Waals surface area contributed by atoms with Gasteiger partial charge < -0.3 is 14.9 Å². The van der Waals surface area contributed by atoms with Gasteiger partial charge in [-0.3, -0.25) is 4.79 Å². The Hall–Kier alpha value is -1.55. The van der Waals surface area contributed by atoms with Crippen LogP contribution in [0.1, 0.15) is 31.7 Å². The molecule has 0 aromatic heterocycles. The smallest absolute Gasteiger partial charge is 0.222 e. The fourth-order valence-electron chi connectivity index (χ4n) is 2.04. The Morgan fingerprint density at radius 3 is 2.30 bits per heavy atom. The summed E-state index contributed by atoms with van der Waals surface area (Å²) in [6.07, 6.45) is 1.97. The van der Waals surface area contributed by atoms with Crippen molar-refractivity contribution in [1.82, 2.24) is 4.90 Å². The first-order chi connectivity index (χ1) is 9.58. The van der Waals surface area contributed by atoms with Crippen LogP contribution in [0.25, 0.3) is 0 Å². The molecule has 0 saturated carbocycles. The quantitative estimate of drug-likeness (QED) is 0.742. The fraction of sp³-hybridized carbons (Fsp3) is 0.562. The van der Waals surface area contributed by atoms with Crippen LogP contribution in [0.2, 0.25) is 0 Å². The molecule has 0 saturated heterocycles. The van der Waals surface area contributed by atoms with Crippen LogP contribution in [0.3, 0.4) is 0 Å². The van der Waals surface area contributed by atoms with Crippen molar-refractivity contribution >= 4 is 11.6 Å². The summed E-state index contributed by atoms with van der Waals surface area (Å²) in [5, 5.41) is 8.75. The predicted octanol–water partition coefficient (Wildman–Crippen LogP) is 2.26. The van der Waals surface area contributed by atoms with E-state index < -0.39 is 0 Å². The molecule has 0 fully saturated rings. The lowest BCUT2D eigenvalue weighted by atomic mass is 10.1. The summed E-state index contributed by atoms with van der Waals surface area (Å²) in [6.45, 7) is 3.53. The monoisotopic (exact) mass is 278 g/mol. The molecule has 0 aliphatic heterocycles. The van der Waals surface area contributed by atoms with E-state index in [0.717, 1.165) is 17.7 Å². The van der Waals surface area contributed by atoms with Gasteiger partial charge in [0.25, 0.3) is 0 Å². The number of amides is 1. The maximum atomic E-state index is 12.1. The SMILES string of the molecule is CCN(Cc1ccc(N(C)C)cc1)C(=O)CCCCO. The van der Waals surface area contributed by atoms with Gasteiger partial charge in [0.1, 0.15) is 0 Å². The summed E-state index contributed by atoms with van der Waals surface area (Å²) in [5.41, 5.74) is 2.30. The molecule has 0 atom stereocenters. The van der Waals surface area contributed by atoms with Gasteiger partial charge in [0, 0.05) is 45.9 Å². The van der Waals surface area contributed by atoms with Gasteiger partial charge in [0.15, 0.2) is 0 Å². The molecule has 1 aromatic rings. The van der Waals surface area contributed by atoms with Crippen LogP contribution in [-0.4, -0.2) is 43.2 Å². The normalized spacial score (nSPS) is 10.4. The van der Waals surface area contributed by atoms with Crippen molar-refractivity contribution in [3.8, 4) is 0 Å². The first-order valence-electron chi connectivity index (χ1n) is 7.23. The van der Waals surface area contributed by atoms with Gasteiger partial charge in [-0.2, -0.15) is 0 Å². The fourth-order valence-corrected chi connectivity index (χ4v) is 2.04. The van der Waals surface area contributed by atoms with Gasteiger partial charge in [-0.05, 0) is 37.5 Å². The van der Waals surface area contributed by atoms with Crippen LogP contribution in [0, 0.1) is 0 Å². The average Bonchev–Trinajstić information content (AvgIpc) is 2.45. The van der Waals surface area contributed by atoms with Crippen LogP contribution in [0.15, 0.2) is 24.3 Å². The summed E-state index contributed by atoms with van der Waals surface area (Å²) in [5.74, 6) is 0.164. The first-order valence-corrected chi connectivity index (χ1v) is 7.23. The van der Waals surface area contributed by atoms with E-state index in [1.165, 1.54) is 0 Å². The molecule has 1 amide bonds. The zero-order valence-corrected chi connectivity index (χ0v) is 12.8. The largest absolute Gasteiger partial charge is 0.396 e. The Kier molecular flexibility index (Phi) is 7.09. The number of unbranched alkanes of at least 4 members (excludes halogenated alkanes) is 1. The maximum Gasteiger partial charge on any atom is 0.222 e. The van der Waals surface area contributed by atoms with Gasteiger partial charge in [0.05, 0.1) is 0 Å². The second-order valence-corrected chi connectivity index (χ2v) is 5.15. The van der Waals surface area contributed by atoms with E-state index in [-0.39, 0.29) is 12.5 Å². The molecule has 1 N–H and O–H groups in total. The molecule has 0 aliphatic carbocycles. The first kappa shape index (κ1) is 16.5. The highest BCUT2D eigenvalue weighted by molar-refractivity contribution is 5.76. The molecule has 1 aromatic carbocycles. The summed E-state index contributed by atoms with van der Waals surface area (Å²) in [4.78, 5) is 16.0. The van der Waals surface area contributed by atoms with E-state index in [2.05, 4.69) is 29.2 Å². The highest BCUT2D eigenvalue weighted by atomic mass is 16.3. The van der Waals surface area contributed by atoms with E-state index in [1.54, 1.807) is 0 Å². The van der Waals surface area contributed by atoms with Gasteiger partial charge in [0.2, 0.25) is 5.91 Å². The summed E-state index contributed by atoms with van der Waals surface area (Å²) >= 11 is 0. The Balaban J connectivity index is 2.56. The highest BCUT2D eigenvalue weighted by Gasteiger charge is 2.11. The lowest BCUT2D eigenvalue weighted by Gasteiger charge is -2.21. The molecule has 0 bridgehead atoms. The van der Waals surface area contributed by atoms with Crippen LogP contribution < -0.4 is 4.90 Å². The third-order valence-electron chi connectivity index (χ3n) is 3.36. The molecule has 0 spiro atoms. The summed E-state index contributed by atoms with van der Waals surface area (Å²) in [6, 6.07) is 8.27.